The summed E-state index contributed by atoms with van der Waals surface area (Å²) < 4.78 is 5.24. The quantitative estimate of drug-likeness (QED) is 0.699. The maximum Gasteiger partial charge on any atom is 0.417 e. The van der Waals surface area contributed by atoms with Gasteiger partial charge in [-0.2, -0.15) is 0 Å². The predicted molar refractivity (Wildman–Crippen MR) is 88.9 cm³/mol. The van der Waals surface area contributed by atoms with Crippen molar-refractivity contribution in [3.63, 3.8) is 0 Å². The van der Waals surface area contributed by atoms with Crippen molar-refractivity contribution < 1.29 is 9.53 Å². The van der Waals surface area contributed by atoms with E-state index in [2.05, 4.69) is 28.3 Å². The van der Waals surface area contributed by atoms with Gasteiger partial charge in [-0.05, 0) is 23.4 Å². The number of benzene rings is 2. The number of fused-ring (bicyclic) bond motifs is 2. The van der Waals surface area contributed by atoms with Crippen LogP contribution >= 0.6 is 11.6 Å². The Morgan fingerprint density at radius 2 is 1.95 bits per heavy atom. The maximum atomic E-state index is 11.4. The fraction of sp³-hybridized carbons (Fsp3) is 0.312. The van der Waals surface area contributed by atoms with Crippen molar-refractivity contribution in [2.24, 2.45) is 0 Å². The number of ether oxygens (including phenoxy) is 1. The second-order valence-electron chi connectivity index (χ2n) is 4.32. The zero-order chi connectivity index (χ0) is 15.4. The first-order valence-electron chi connectivity index (χ1n) is 7.02. The molecule has 1 amide bonds. The van der Waals surface area contributed by atoms with Crippen molar-refractivity contribution >= 4 is 39.8 Å². The third kappa shape index (κ3) is 2.63. The summed E-state index contributed by atoms with van der Waals surface area (Å²) in [5, 5.41) is 8.22. The van der Waals surface area contributed by atoms with Crippen LogP contribution < -0.4 is 15.4 Å². The Labute approximate surface area is 129 Å². The highest BCUT2D eigenvalue weighted by molar-refractivity contribution is 6.15. The number of halogens is 1. The number of hydrogen-bond donors (Lipinski definition) is 2. The van der Waals surface area contributed by atoms with Gasteiger partial charge in [0, 0.05) is 30.1 Å². The van der Waals surface area contributed by atoms with E-state index in [0.29, 0.717) is 5.75 Å². The molecule has 0 atom stereocenters. The first kappa shape index (κ1) is 15.4. The summed E-state index contributed by atoms with van der Waals surface area (Å²) in [4.78, 5) is 11.4. The molecule has 0 fully saturated rings. The van der Waals surface area contributed by atoms with Crippen molar-refractivity contribution in [1.82, 2.24) is 0 Å². The molecule has 0 aliphatic carbocycles. The lowest BCUT2D eigenvalue weighted by molar-refractivity contribution is 0.215. The molecule has 5 heteroatoms. The molecule has 4 rings (SSSR count). The number of nitrogens with one attached hydrogen (secondary N) is 2. The lowest BCUT2D eigenvalue weighted by Gasteiger charge is -2.19. The van der Waals surface area contributed by atoms with Gasteiger partial charge in [-0.15, -0.1) is 11.6 Å². The molecule has 0 aromatic heterocycles. The summed E-state index contributed by atoms with van der Waals surface area (Å²) >= 11 is 4.64. The highest BCUT2D eigenvalue weighted by atomic mass is 35.5. The Balaban J connectivity index is 0.000000374. The van der Waals surface area contributed by atoms with Gasteiger partial charge in [-0.25, -0.2) is 4.79 Å². The maximum absolute atomic E-state index is 11.4. The smallest absolute Gasteiger partial charge is 0.409 e. The molecule has 2 aromatic rings. The third-order valence-electron chi connectivity index (χ3n) is 3.37. The molecule has 0 saturated carbocycles. The van der Waals surface area contributed by atoms with Crippen LogP contribution in [0, 0.1) is 0 Å². The lowest BCUT2D eigenvalue weighted by Crippen LogP contribution is -2.21. The van der Waals surface area contributed by atoms with Gasteiger partial charge in [-0.1, -0.05) is 26.0 Å². The molecule has 4 nitrogen and oxygen atoms in total. The minimum Gasteiger partial charge on any atom is -0.409 e. The van der Waals surface area contributed by atoms with Gasteiger partial charge in [-0.3, -0.25) is 5.32 Å². The van der Waals surface area contributed by atoms with E-state index < -0.39 is 6.09 Å². The Morgan fingerprint density at radius 3 is 2.71 bits per heavy atom. The van der Waals surface area contributed by atoms with Crippen molar-refractivity contribution in [3.8, 4) is 5.75 Å². The molecule has 2 aliphatic heterocycles. The van der Waals surface area contributed by atoms with Gasteiger partial charge in [0.1, 0.15) is 5.75 Å². The van der Waals surface area contributed by atoms with Crippen LogP contribution in [0.5, 0.6) is 5.75 Å². The SMILES string of the molecule is CC.CCl.O=C1Nc2cccc3c4c(cc(c23)O1)NCC4. The van der Waals surface area contributed by atoms with E-state index in [9.17, 15) is 4.79 Å². The van der Waals surface area contributed by atoms with Crippen LogP contribution in [0.4, 0.5) is 16.2 Å². The second kappa shape index (κ2) is 6.68. The number of amides is 1. The average Bonchev–Trinajstić information content (AvgIpc) is 2.99. The fourth-order valence-electron chi connectivity index (χ4n) is 2.67. The molecule has 21 heavy (non-hydrogen) atoms. The Morgan fingerprint density at radius 1 is 1.19 bits per heavy atom. The number of carbonyl (C=O) groups excluding carboxylic acids is 1. The number of carbonyl (C=O) groups is 1. The summed E-state index contributed by atoms with van der Waals surface area (Å²) in [7, 11) is 0. The zero-order valence-corrected chi connectivity index (χ0v) is 13.2. The van der Waals surface area contributed by atoms with Gasteiger partial charge >= 0.3 is 6.09 Å². The summed E-state index contributed by atoms with van der Waals surface area (Å²) in [5.41, 5.74) is 3.23. The summed E-state index contributed by atoms with van der Waals surface area (Å²) in [6, 6.07) is 7.87. The molecule has 2 aliphatic rings. The highest BCUT2D eigenvalue weighted by Gasteiger charge is 2.24. The van der Waals surface area contributed by atoms with Gasteiger partial charge in [0.2, 0.25) is 0 Å². The van der Waals surface area contributed by atoms with Crippen LogP contribution in [-0.2, 0) is 6.42 Å². The normalized spacial score (nSPS) is 13.6. The zero-order valence-electron chi connectivity index (χ0n) is 12.4. The van der Waals surface area contributed by atoms with Crippen molar-refractivity contribution in [1.29, 1.82) is 0 Å². The number of hydrogen-bond acceptors (Lipinski definition) is 3. The number of anilines is 2. The molecular formula is C16H19ClN2O2. The topological polar surface area (TPSA) is 50.4 Å². The first-order valence-corrected chi connectivity index (χ1v) is 7.77. The van der Waals surface area contributed by atoms with Crippen molar-refractivity contribution in [2.75, 3.05) is 23.6 Å². The predicted octanol–water partition coefficient (Wildman–Crippen LogP) is 4.61. The van der Waals surface area contributed by atoms with Crippen LogP contribution in [0.15, 0.2) is 24.3 Å². The molecule has 2 N–H and O–H groups in total. The highest BCUT2D eigenvalue weighted by Crippen LogP contribution is 2.42. The number of rotatable bonds is 0. The molecule has 2 heterocycles. The van der Waals surface area contributed by atoms with Gasteiger partial charge in [0.25, 0.3) is 0 Å². The average molecular weight is 307 g/mol. The largest absolute Gasteiger partial charge is 0.417 e. The molecule has 2 aromatic carbocycles. The van der Waals surface area contributed by atoms with Crippen LogP contribution in [-0.4, -0.2) is 19.0 Å². The van der Waals surface area contributed by atoms with Crippen molar-refractivity contribution in [3.05, 3.63) is 29.8 Å². The van der Waals surface area contributed by atoms with Crippen LogP contribution in [0.3, 0.4) is 0 Å². The first-order chi connectivity index (χ1) is 10.3. The summed E-state index contributed by atoms with van der Waals surface area (Å²) in [5.74, 6) is 0.646. The van der Waals surface area contributed by atoms with Crippen molar-refractivity contribution in [2.45, 2.75) is 20.3 Å². The van der Waals surface area contributed by atoms with Gasteiger partial charge in [0.05, 0.1) is 5.69 Å². The Bertz CT molecular complexity index is 671. The molecule has 112 valence electrons. The monoisotopic (exact) mass is 306 g/mol. The minimum atomic E-state index is -0.414. The lowest BCUT2D eigenvalue weighted by atomic mass is 9.99. The van der Waals surface area contributed by atoms with E-state index in [1.807, 2.05) is 32.0 Å². The Hall–Kier alpha value is -1.94. The van der Waals surface area contributed by atoms with E-state index in [0.717, 1.165) is 29.7 Å². The van der Waals surface area contributed by atoms with Gasteiger partial charge < -0.3 is 10.1 Å². The minimum absolute atomic E-state index is 0.414. The standard InChI is InChI=1S/C13H10N2O2.C2H6.CH3Cl/c16-13-15-9-3-1-2-8-7-4-5-14-10(7)6-11(17-13)12(8)9;2*1-2/h1-3,6,14H,4-5H2,(H,15,16);1-2H3;1H3. The molecular weight excluding hydrogens is 288 g/mol. The molecule has 0 radical (unpaired) electrons. The summed E-state index contributed by atoms with van der Waals surface area (Å²) in [6.45, 7) is 4.94. The number of alkyl halides is 1. The van der Waals surface area contributed by atoms with E-state index in [4.69, 9.17) is 4.74 Å². The van der Waals surface area contributed by atoms with E-state index in [-0.39, 0.29) is 0 Å². The Kier molecular flexibility index (Phi) is 4.91. The van der Waals surface area contributed by atoms with Crippen LogP contribution in [0.1, 0.15) is 19.4 Å². The van der Waals surface area contributed by atoms with E-state index in [1.54, 1.807) is 0 Å². The van der Waals surface area contributed by atoms with Gasteiger partial charge in [0.15, 0.2) is 0 Å². The van der Waals surface area contributed by atoms with E-state index in [1.165, 1.54) is 17.3 Å². The summed E-state index contributed by atoms with van der Waals surface area (Å²) in [6.07, 6.45) is 2.08. The molecule has 0 unspecified atom stereocenters. The molecule has 0 spiro atoms. The molecule has 0 saturated heterocycles. The fourth-order valence-corrected chi connectivity index (χ4v) is 2.67. The second-order valence-corrected chi connectivity index (χ2v) is 4.32. The van der Waals surface area contributed by atoms with E-state index >= 15 is 0 Å². The molecule has 0 bridgehead atoms. The van der Waals surface area contributed by atoms with Crippen LogP contribution in [0.2, 0.25) is 0 Å². The third-order valence-corrected chi connectivity index (χ3v) is 3.37. The van der Waals surface area contributed by atoms with Crippen LogP contribution in [0.25, 0.3) is 10.8 Å².